The number of carbonyl (C=O) groups excluding carboxylic acids is 2. The maximum atomic E-state index is 11.9. The van der Waals surface area contributed by atoms with Gasteiger partial charge in [0.25, 0.3) is 0 Å². The van der Waals surface area contributed by atoms with Crippen molar-refractivity contribution in [3.8, 4) is 0 Å². The van der Waals surface area contributed by atoms with Crippen molar-refractivity contribution in [2.45, 2.75) is 38.6 Å². The van der Waals surface area contributed by atoms with Crippen molar-refractivity contribution < 1.29 is 14.7 Å². The van der Waals surface area contributed by atoms with Gasteiger partial charge in [0.1, 0.15) is 0 Å². The van der Waals surface area contributed by atoms with Gasteiger partial charge in [0.05, 0.1) is 0 Å². The maximum Gasteiger partial charge on any atom is 0.313 e. The highest BCUT2D eigenvalue weighted by molar-refractivity contribution is 6.39. The second-order valence-corrected chi connectivity index (χ2v) is 5.90. The molecule has 0 bridgehead atoms. The average molecular weight is 316 g/mol. The minimum Gasteiger partial charge on any atom is -0.396 e. The molecule has 5 nitrogen and oxygen atoms in total. The van der Waals surface area contributed by atoms with E-state index in [1.807, 2.05) is 36.4 Å². The van der Waals surface area contributed by atoms with Crippen molar-refractivity contribution in [3.05, 3.63) is 42.0 Å². The first-order valence-electron chi connectivity index (χ1n) is 8.12. The maximum absolute atomic E-state index is 11.9. The summed E-state index contributed by atoms with van der Waals surface area (Å²) in [6.45, 7) is 2.20. The fourth-order valence-corrected chi connectivity index (χ4v) is 2.57. The number of benzene rings is 1. The quantitative estimate of drug-likeness (QED) is 0.555. The number of nitrogens with one attached hydrogen (secondary N) is 2. The lowest BCUT2D eigenvalue weighted by molar-refractivity contribution is -0.136. The molecular weight excluding hydrogens is 292 g/mol. The average Bonchev–Trinajstić information content (AvgIpc) is 3.01. The Labute approximate surface area is 136 Å². The molecule has 2 atom stereocenters. The monoisotopic (exact) mass is 316 g/mol. The predicted molar refractivity (Wildman–Crippen MR) is 89.9 cm³/mol. The zero-order chi connectivity index (χ0) is 16.7. The second-order valence-electron chi connectivity index (χ2n) is 5.90. The summed E-state index contributed by atoms with van der Waals surface area (Å²) in [4.78, 5) is 23.8. The van der Waals surface area contributed by atoms with E-state index in [4.69, 9.17) is 5.11 Å². The van der Waals surface area contributed by atoms with Gasteiger partial charge in [-0.05, 0) is 37.0 Å². The molecule has 0 saturated carbocycles. The molecule has 0 unspecified atom stereocenters. The van der Waals surface area contributed by atoms with Crippen molar-refractivity contribution in [1.29, 1.82) is 0 Å². The molecule has 0 spiro atoms. The van der Waals surface area contributed by atoms with Crippen LogP contribution in [0.2, 0.25) is 0 Å². The number of anilines is 1. The highest BCUT2D eigenvalue weighted by Crippen LogP contribution is 2.17. The number of aliphatic hydroxyl groups is 1. The molecule has 1 aliphatic rings. The summed E-state index contributed by atoms with van der Waals surface area (Å²) in [5.74, 6) is -1.28. The van der Waals surface area contributed by atoms with Crippen molar-refractivity contribution >= 4 is 17.5 Å². The smallest absolute Gasteiger partial charge is 0.313 e. The molecule has 2 amide bonds. The van der Waals surface area contributed by atoms with Gasteiger partial charge >= 0.3 is 11.8 Å². The standard InChI is InChI=1S/C18H24N2O3/c1-2-3-4-13-5-8-15(9-6-13)19-17(22)18(23)20-16-10-7-14(11-16)12-21/h5-10,14,16,21H,2-4,11-12H2,1H3,(H,19,22)(H,20,23)/t14-,16+/m0/s1. The molecule has 0 heterocycles. The second kappa shape index (κ2) is 8.48. The number of rotatable bonds is 6. The largest absolute Gasteiger partial charge is 0.396 e. The molecular formula is C18H24N2O3. The summed E-state index contributed by atoms with van der Waals surface area (Å²) in [6, 6.07) is 7.37. The van der Waals surface area contributed by atoms with Crippen LogP contribution in [0.1, 0.15) is 31.7 Å². The normalized spacial score (nSPS) is 19.6. The molecule has 5 heteroatoms. The molecule has 1 aromatic carbocycles. The Morgan fingerprint density at radius 3 is 2.52 bits per heavy atom. The lowest BCUT2D eigenvalue weighted by atomic mass is 10.1. The number of aliphatic hydroxyl groups excluding tert-OH is 1. The molecule has 1 aliphatic carbocycles. The molecule has 0 fully saturated rings. The minimum atomic E-state index is -0.674. The fourth-order valence-electron chi connectivity index (χ4n) is 2.57. The number of unbranched alkanes of at least 4 members (excludes halogenated alkanes) is 1. The van der Waals surface area contributed by atoms with Crippen molar-refractivity contribution in [2.24, 2.45) is 5.92 Å². The van der Waals surface area contributed by atoms with E-state index in [1.165, 1.54) is 5.56 Å². The summed E-state index contributed by atoms with van der Waals surface area (Å²) in [5, 5.41) is 14.3. The van der Waals surface area contributed by atoms with Crippen LogP contribution in [0.4, 0.5) is 5.69 Å². The van der Waals surface area contributed by atoms with Gasteiger partial charge in [-0.15, -0.1) is 0 Å². The molecule has 124 valence electrons. The Balaban J connectivity index is 1.81. The predicted octanol–water partition coefficient (Wildman–Crippen LogP) is 2.02. The van der Waals surface area contributed by atoms with Gasteiger partial charge in [-0.25, -0.2) is 0 Å². The molecule has 2 rings (SSSR count). The number of hydrogen-bond donors (Lipinski definition) is 3. The molecule has 0 radical (unpaired) electrons. The van der Waals surface area contributed by atoms with Gasteiger partial charge < -0.3 is 15.7 Å². The van der Waals surface area contributed by atoms with E-state index < -0.39 is 11.8 Å². The van der Waals surface area contributed by atoms with E-state index in [-0.39, 0.29) is 18.6 Å². The van der Waals surface area contributed by atoms with Crippen LogP contribution in [0.5, 0.6) is 0 Å². The highest BCUT2D eigenvalue weighted by atomic mass is 16.3. The SMILES string of the molecule is CCCCc1ccc(NC(=O)C(=O)N[C@@H]2C=C[C@H](CO)C2)cc1. The Hall–Kier alpha value is -2.14. The van der Waals surface area contributed by atoms with Gasteiger partial charge in [-0.3, -0.25) is 9.59 Å². The van der Waals surface area contributed by atoms with Crippen LogP contribution in [0.15, 0.2) is 36.4 Å². The van der Waals surface area contributed by atoms with Gasteiger partial charge in [-0.2, -0.15) is 0 Å². The van der Waals surface area contributed by atoms with E-state index >= 15 is 0 Å². The van der Waals surface area contributed by atoms with Crippen molar-refractivity contribution in [3.63, 3.8) is 0 Å². The third kappa shape index (κ3) is 5.21. The third-order valence-corrected chi connectivity index (χ3v) is 3.96. The Bertz CT molecular complexity index is 566. The Morgan fingerprint density at radius 1 is 1.17 bits per heavy atom. The van der Waals surface area contributed by atoms with E-state index in [0.717, 1.165) is 19.3 Å². The summed E-state index contributed by atoms with van der Waals surface area (Å²) >= 11 is 0. The molecule has 0 saturated heterocycles. The first-order valence-corrected chi connectivity index (χ1v) is 8.12. The van der Waals surface area contributed by atoms with Gasteiger partial charge in [0.15, 0.2) is 0 Å². The van der Waals surface area contributed by atoms with Gasteiger partial charge in [-0.1, -0.05) is 37.6 Å². The summed E-state index contributed by atoms with van der Waals surface area (Å²) in [5.41, 5.74) is 1.83. The zero-order valence-electron chi connectivity index (χ0n) is 13.4. The lowest BCUT2D eigenvalue weighted by Gasteiger charge is -2.12. The topological polar surface area (TPSA) is 78.4 Å². The van der Waals surface area contributed by atoms with Crippen LogP contribution in [0.25, 0.3) is 0 Å². The van der Waals surface area contributed by atoms with Gasteiger partial charge in [0, 0.05) is 24.3 Å². The van der Waals surface area contributed by atoms with Crippen molar-refractivity contribution in [2.75, 3.05) is 11.9 Å². The van der Waals surface area contributed by atoms with Gasteiger partial charge in [0.2, 0.25) is 0 Å². The summed E-state index contributed by atoms with van der Waals surface area (Å²) in [7, 11) is 0. The van der Waals surface area contributed by atoms with Crippen LogP contribution >= 0.6 is 0 Å². The Kier molecular flexibility index (Phi) is 6.35. The first kappa shape index (κ1) is 17.2. The van der Waals surface area contributed by atoms with Crippen LogP contribution in [-0.4, -0.2) is 29.6 Å². The van der Waals surface area contributed by atoms with Crippen LogP contribution in [-0.2, 0) is 16.0 Å². The fraction of sp³-hybridized carbons (Fsp3) is 0.444. The van der Waals surface area contributed by atoms with E-state index in [2.05, 4.69) is 17.6 Å². The Morgan fingerprint density at radius 2 is 1.91 bits per heavy atom. The summed E-state index contributed by atoms with van der Waals surface area (Å²) in [6.07, 6.45) is 7.60. The van der Waals surface area contributed by atoms with E-state index in [1.54, 1.807) is 0 Å². The van der Waals surface area contributed by atoms with Crippen LogP contribution in [0, 0.1) is 5.92 Å². The van der Waals surface area contributed by atoms with Crippen molar-refractivity contribution in [1.82, 2.24) is 5.32 Å². The van der Waals surface area contributed by atoms with Crippen LogP contribution in [0.3, 0.4) is 0 Å². The van der Waals surface area contributed by atoms with E-state index in [0.29, 0.717) is 12.1 Å². The number of aryl methyl sites for hydroxylation is 1. The third-order valence-electron chi connectivity index (χ3n) is 3.96. The molecule has 0 aromatic heterocycles. The number of carbonyl (C=O) groups is 2. The molecule has 0 aliphatic heterocycles. The van der Waals surface area contributed by atoms with E-state index in [9.17, 15) is 9.59 Å². The first-order chi connectivity index (χ1) is 11.1. The zero-order valence-corrected chi connectivity index (χ0v) is 13.4. The molecule has 23 heavy (non-hydrogen) atoms. The minimum absolute atomic E-state index is 0.0547. The number of hydrogen-bond acceptors (Lipinski definition) is 3. The summed E-state index contributed by atoms with van der Waals surface area (Å²) < 4.78 is 0. The lowest BCUT2D eigenvalue weighted by Crippen LogP contribution is -2.40. The molecule has 1 aromatic rings. The highest BCUT2D eigenvalue weighted by Gasteiger charge is 2.22. The van der Waals surface area contributed by atoms with Crippen LogP contribution < -0.4 is 10.6 Å². The number of amides is 2. The molecule has 3 N–H and O–H groups in total.